The number of amides is 1. The lowest BCUT2D eigenvalue weighted by atomic mass is 9.94. The Kier molecular flexibility index (Phi) is 5.97. The van der Waals surface area contributed by atoms with E-state index in [1.807, 2.05) is 0 Å². The molecule has 0 aliphatic carbocycles. The van der Waals surface area contributed by atoms with Gasteiger partial charge in [0.25, 0.3) is 0 Å². The van der Waals surface area contributed by atoms with Gasteiger partial charge in [-0.3, -0.25) is 9.59 Å². The Morgan fingerprint density at radius 1 is 1.35 bits per heavy atom. The number of carbonyl (C=O) groups excluding carboxylic acids is 2. The summed E-state index contributed by atoms with van der Waals surface area (Å²) in [6, 6.07) is 0. The molecule has 0 saturated carbocycles. The van der Waals surface area contributed by atoms with Gasteiger partial charge in [0, 0.05) is 6.54 Å². The summed E-state index contributed by atoms with van der Waals surface area (Å²) >= 11 is 0. The molecular formula is C12H22N2O3. The van der Waals surface area contributed by atoms with E-state index in [1.54, 1.807) is 0 Å². The molecule has 5 nitrogen and oxygen atoms in total. The van der Waals surface area contributed by atoms with Crippen LogP contribution < -0.4 is 5.32 Å². The van der Waals surface area contributed by atoms with Crippen molar-refractivity contribution in [3.05, 3.63) is 0 Å². The minimum absolute atomic E-state index is 0.177. The molecule has 0 aromatic heterocycles. The first-order valence-electron chi connectivity index (χ1n) is 6.14. The normalized spacial score (nSPS) is 17.8. The summed E-state index contributed by atoms with van der Waals surface area (Å²) in [5, 5.41) is 2.75. The molecule has 0 unspecified atom stereocenters. The Labute approximate surface area is 102 Å². The van der Waals surface area contributed by atoms with Crippen molar-refractivity contribution >= 4 is 11.9 Å². The number of esters is 1. The van der Waals surface area contributed by atoms with Crippen LogP contribution in [0.4, 0.5) is 0 Å². The summed E-state index contributed by atoms with van der Waals surface area (Å²) < 4.78 is 4.42. The van der Waals surface area contributed by atoms with Gasteiger partial charge in [-0.05, 0) is 45.3 Å². The Balaban J connectivity index is 2.07. The number of methoxy groups -OCH3 is 1. The number of carbonyl (C=O) groups is 2. The van der Waals surface area contributed by atoms with Crippen LogP contribution in [-0.2, 0) is 14.3 Å². The molecule has 1 amide bonds. The number of nitrogens with zero attached hydrogens (tertiary/aromatic N) is 1. The zero-order valence-corrected chi connectivity index (χ0v) is 10.7. The number of nitrogens with one attached hydrogen (secondary N) is 1. The van der Waals surface area contributed by atoms with Crippen molar-refractivity contribution in [3.63, 3.8) is 0 Å². The molecule has 98 valence electrons. The number of ether oxygens (including phenoxy) is 1. The van der Waals surface area contributed by atoms with Crippen LogP contribution in [0.3, 0.4) is 0 Å². The van der Waals surface area contributed by atoms with Crippen LogP contribution in [0.5, 0.6) is 0 Å². The van der Waals surface area contributed by atoms with E-state index >= 15 is 0 Å². The Morgan fingerprint density at radius 3 is 2.59 bits per heavy atom. The van der Waals surface area contributed by atoms with Crippen LogP contribution in [0.2, 0.25) is 0 Å². The standard InChI is InChI=1S/C12H22N2O3/c1-14-7-4-10(5-8-14)3-6-13-11(15)9-12(16)17-2/h10H,3-9H2,1-2H3,(H,13,15). The van der Waals surface area contributed by atoms with Crippen molar-refractivity contribution in [2.75, 3.05) is 33.8 Å². The van der Waals surface area contributed by atoms with E-state index in [-0.39, 0.29) is 12.3 Å². The number of piperidine rings is 1. The van der Waals surface area contributed by atoms with Crippen molar-refractivity contribution in [2.24, 2.45) is 5.92 Å². The highest BCUT2D eigenvalue weighted by Gasteiger charge is 2.16. The molecule has 1 saturated heterocycles. The highest BCUT2D eigenvalue weighted by Crippen LogP contribution is 2.18. The fourth-order valence-electron chi connectivity index (χ4n) is 2.03. The van der Waals surface area contributed by atoms with Gasteiger partial charge >= 0.3 is 5.97 Å². The first-order chi connectivity index (χ1) is 8.11. The fourth-order valence-corrected chi connectivity index (χ4v) is 2.03. The Hall–Kier alpha value is -1.10. The molecule has 1 fully saturated rings. The smallest absolute Gasteiger partial charge is 0.315 e. The second-order valence-corrected chi connectivity index (χ2v) is 4.64. The van der Waals surface area contributed by atoms with E-state index in [2.05, 4.69) is 22.0 Å². The largest absolute Gasteiger partial charge is 0.469 e. The quantitative estimate of drug-likeness (QED) is 0.560. The summed E-state index contributed by atoms with van der Waals surface area (Å²) in [6.45, 7) is 2.94. The van der Waals surface area contributed by atoms with E-state index in [4.69, 9.17) is 0 Å². The molecule has 0 spiro atoms. The SMILES string of the molecule is COC(=O)CC(=O)NCCC1CCN(C)CC1. The Bertz CT molecular complexity index is 260. The first-order valence-corrected chi connectivity index (χ1v) is 6.14. The van der Waals surface area contributed by atoms with Crippen LogP contribution in [0, 0.1) is 5.92 Å². The van der Waals surface area contributed by atoms with Crippen molar-refractivity contribution in [1.82, 2.24) is 10.2 Å². The van der Waals surface area contributed by atoms with Gasteiger partial charge in [0.05, 0.1) is 7.11 Å². The maximum absolute atomic E-state index is 11.3. The van der Waals surface area contributed by atoms with Crippen LogP contribution in [0.25, 0.3) is 0 Å². The van der Waals surface area contributed by atoms with Crippen LogP contribution in [-0.4, -0.2) is 50.6 Å². The van der Waals surface area contributed by atoms with Gasteiger partial charge in [-0.25, -0.2) is 0 Å². The zero-order valence-electron chi connectivity index (χ0n) is 10.7. The lowest BCUT2D eigenvalue weighted by molar-refractivity contribution is -0.143. The zero-order chi connectivity index (χ0) is 12.7. The molecule has 0 aromatic rings. The summed E-state index contributed by atoms with van der Waals surface area (Å²) in [5.74, 6) is -0.0313. The second-order valence-electron chi connectivity index (χ2n) is 4.64. The molecule has 0 radical (unpaired) electrons. The average Bonchev–Trinajstić information content (AvgIpc) is 2.31. The van der Waals surface area contributed by atoms with Crippen LogP contribution in [0.15, 0.2) is 0 Å². The molecule has 17 heavy (non-hydrogen) atoms. The van der Waals surface area contributed by atoms with Gasteiger partial charge in [0.1, 0.15) is 6.42 Å². The molecule has 1 rings (SSSR count). The monoisotopic (exact) mass is 242 g/mol. The first kappa shape index (κ1) is 14.0. The van der Waals surface area contributed by atoms with Crippen LogP contribution >= 0.6 is 0 Å². The summed E-state index contributed by atoms with van der Waals surface area (Å²) in [4.78, 5) is 24.4. The predicted molar refractivity (Wildman–Crippen MR) is 64.5 cm³/mol. The predicted octanol–water partition coefficient (Wildman–Crippen LogP) is 0.398. The van der Waals surface area contributed by atoms with E-state index < -0.39 is 5.97 Å². The third-order valence-corrected chi connectivity index (χ3v) is 3.25. The van der Waals surface area contributed by atoms with Crippen molar-refractivity contribution in [1.29, 1.82) is 0 Å². The van der Waals surface area contributed by atoms with Crippen molar-refractivity contribution < 1.29 is 14.3 Å². The molecule has 0 atom stereocenters. The van der Waals surface area contributed by atoms with Crippen LogP contribution in [0.1, 0.15) is 25.7 Å². The molecule has 1 heterocycles. The minimum atomic E-state index is -0.484. The number of likely N-dealkylation sites (tertiary alicyclic amines) is 1. The lowest BCUT2D eigenvalue weighted by Crippen LogP contribution is -2.33. The van der Waals surface area contributed by atoms with Gasteiger partial charge in [0.2, 0.25) is 5.91 Å². The van der Waals surface area contributed by atoms with Gasteiger partial charge in [-0.15, -0.1) is 0 Å². The molecule has 5 heteroatoms. The maximum atomic E-state index is 11.3. The number of hydrogen-bond acceptors (Lipinski definition) is 4. The number of rotatable bonds is 5. The highest BCUT2D eigenvalue weighted by molar-refractivity contribution is 5.94. The second kappa shape index (κ2) is 7.27. The highest BCUT2D eigenvalue weighted by atomic mass is 16.5. The molecule has 1 aliphatic heterocycles. The van der Waals surface area contributed by atoms with Gasteiger partial charge in [-0.2, -0.15) is 0 Å². The molecule has 0 bridgehead atoms. The maximum Gasteiger partial charge on any atom is 0.315 e. The van der Waals surface area contributed by atoms with Gasteiger partial charge < -0.3 is 15.0 Å². The lowest BCUT2D eigenvalue weighted by Gasteiger charge is -2.28. The van der Waals surface area contributed by atoms with Gasteiger partial charge in [-0.1, -0.05) is 0 Å². The van der Waals surface area contributed by atoms with Crippen molar-refractivity contribution in [3.8, 4) is 0 Å². The fraction of sp³-hybridized carbons (Fsp3) is 0.833. The summed E-state index contributed by atoms with van der Waals surface area (Å²) in [5.41, 5.74) is 0. The van der Waals surface area contributed by atoms with Crippen molar-refractivity contribution in [2.45, 2.75) is 25.7 Å². The van der Waals surface area contributed by atoms with E-state index in [9.17, 15) is 9.59 Å². The molecule has 0 aromatic carbocycles. The molecule has 1 aliphatic rings. The van der Waals surface area contributed by atoms with E-state index in [1.165, 1.54) is 20.0 Å². The Morgan fingerprint density at radius 2 is 2.00 bits per heavy atom. The number of hydrogen-bond donors (Lipinski definition) is 1. The topological polar surface area (TPSA) is 58.6 Å². The third-order valence-electron chi connectivity index (χ3n) is 3.25. The summed E-state index contributed by atoms with van der Waals surface area (Å²) in [7, 11) is 3.42. The minimum Gasteiger partial charge on any atom is -0.469 e. The third kappa shape index (κ3) is 5.68. The molecular weight excluding hydrogens is 220 g/mol. The van der Waals surface area contributed by atoms with Gasteiger partial charge in [0.15, 0.2) is 0 Å². The van der Waals surface area contributed by atoms with E-state index in [0.717, 1.165) is 19.5 Å². The average molecular weight is 242 g/mol. The van der Waals surface area contributed by atoms with E-state index in [0.29, 0.717) is 12.5 Å². The molecule has 1 N–H and O–H groups in total. The summed E-state index contributed by atoms with van der Waals surface area (Å²) in [6.07, 6.45) is 3.22.